The lowest BCUT2D eigenvalue weighted by molar-refractivity contribution is -0.309. The third kappa shape index (κ3) is 1.87. The van der Waals surface area contributed by atoms with Crippen LogP contribution in [0.15, 0.2) is 24.3 Å². The van der Waals surface area contributed by atoms with Gasteiger partial charge in [-0.1, -0.05) is 12.1 Å². The molecule has 0 bridgehead atoms. The molecule has 0 saturated heterocycles. The molecule has 3 nitrogen and oxygen atoms in total. The molecule has 1 unspecified atom stereocenters. The van der Waals surface area contributed by atoms with Gasteiger partial charge < -0.3 is 14.6 Å². The van der Waals surface area contributed by atoms with E-state index in [1.54, 1.807) is 24.3 Å². The monoisotopic (exact) mass is 273 g/mol. The summed E-state index contributed by atoms with van der Waals surface area (Å²) in [6, 6.07) is 6.72. The van der Waals surface area contributed by atoms with Gasteiger partial charge in [-0.25, -0.2) is 0 Å². The molecule has 1 fully saturated rings. The van der Waals surface area contributed by atoms with Crippen LogP contribution in [0.4, 0.5) is 0 Å². The van der Waals surface area contributed by atoms with Gasteiger partial charge in [0.25, 0.3) is 0 Å². The van der Waals surface area contributed by atoms with E-state index in [0.717, 1.165) is 0 Å². The summed E-state index contributed by atoms with van der Waals surface area (Å²) in [6.07, 6.45) is 0.166. The van der Waals surface area contributed by atoms with Crippen LogP contribution >= 0.6 is 23.2 Å². The van der Waals surface area contributed by atoms with Crippen LogP contribution in [-0.2, 0) is 10.2 Å². The smallest absolute Gasteiger partial charge is 0.134 e. The van der Waals surface area contributed by atoms with Crippen molar-refractivity contribution in [3.8, 4) is 5.75 Å². The number of aliphatic carboxylic acids is 1. The normalized spacial score (nSPS) is 25.4. The second kappa shape index (κ2) is 4.07. The van der Waals surface area contributed by atoms with E-state index in [4.69, 9.17) is 27.9 Å². The van der Waals surface area contributed by atoms with Crippen LogP contribution in [0.2, 0.25) is 0 Å². The number of ether oxygens (including phenoxy) is 1. The second-order valence-electron chi connectivity index (χ2n) is 4.03. The van der Waals surface area contributed by atoms with E-state index in [9.17, 15) is 9.90 Å². The molecule has 1 aromatic carbocycles. The van der Waals surface area contributed by atoms with Crippen LogP contribution in [0.25, 0.3) is 0 Å². The average molecular weight is 274 g/mol. The van der Waals surface area contributed by atoms with Gasteiger partial charge in [-0.3, -0.25) is 0 Å². The van der Waals surface area contributed by atoms with Gasteiger partial charge in [0.1, 0.15) is 10.1 Å². The van der Waals surface area contributed by atoms with E-state index >= 15 is 0 Å². The zero-order chi connectivity index (χ0) is 12.7. The van der Waals surface area contributed by atoms with Crippen molar-refractivity contribution in [3.05, 3.63) is 29.8 Å². The molecule has 2 rings (SSSR count). The molecule has 0 amide bonds. The molecule has 0 aliphatic heterocycles. The molecule has 0 radical (unpaired) electrons. The minimum Gasteiger partial charge on any atom is -0.549 e. The van der Waals surface area contributed by atoms with E-state index in [1.165, 1.54) is 0 Å². The lowest BCUT2D eigenvalue weighted by atomic mass is 9.96. The van der Waals surface area contributed by atoms with Crippen molar-refractivity contribution in [2.75, 3.05) is 6.61 Å². The summed E-state index contributed by atoms with van der Waals surface area (Å²) in [5.41, 5.74) is -0.744. The number of carbonyl (C=O) groups is 1. The number of halogens is 2. The Morgan fingerprint density at radius 3 is 2.29 bits per heavy atom. The molecule has 92 valence electrons. The number of carboxylic acid groups (broad SMARTS) is 1. The van der Waals surface area contributed by atoms with Gasteiger partial charge in [-0.05, 0) is 31.0 Å². The molecule has 0 aromatic heterocycles. The minimum atomic E-state index is -1.29. The second-order valence-corrected chi connectivity index (χ2v) is 5.52. The molecule has 1 aromatic rings. The summed E-state index contributed by atoms with van der Waals surface area (Å²) >= 11 is 11.8. The van der Waals surface area contributed by atoms with E-state index in [2.05, 4.69) is 0 Å². The van der Waals surface area contributed by atoms with Crippen LogP contribution in [0.1, 0.15) is 18.9 Å². The van der Waals surface area contributed by atoms with Gasteiger partial charge in [-0.15, -0.1) is 23.2 Å². The van der Waals surface area contributed by atoms with Gasteiger partial charge >= 0.3 is 0 Å². The number of carboxylic acids is 1. The zero-order valence-corrected chi connectivity index (χ0v) is 10.7. The third-order valence-electron chi connectivity index (χ3n) is 2.99. The molecule has 1 saturated carbocycles. The largest absolute Gasteiger partial charge is 0.549 e. The number of hydrogen-bond donors (Lipinski definition) is 0. The molecule has 5 heteroatoms. The van der Waals surface area contributed by atoms with Crippen LogP contribution in [0, 0.1) is 0 Å². The summed E-state index contributed by atoms with van der Waals surface area (Å²) in [7, 11) is 0. The highest BCUT2D eigenvalue weighted by molar-refractivity contribution is 6.54. The molecule has 0 N–H and O–H groups in total. The SMILES string of the molecule is CCOc1ccc(C2(C(=O)[O-])CC2(Cl)Cl)cc1. The molecular formula is C12H11Cl2O3-. The van der Waals surface area contributed by atoms with E-state index in [-0.39, 0.29) is 6.42 Å². The maximum Gasteiger partial charge on any atom is 0.134 e. The van der Waals surface area contributed by atoms with Crippen molar-refractivity contribution in [2.45, 2.75) is 23.1 Å². The molecule has 17 heavy (non-hydrogen) atoms. The standard InChI is InChI=1S/C12H12Cl2O3/c1-2-17-9-5-3-8(4-6-9)11(10(15)16)7-12(11,13)14/h3-6H,2,7H2,1H3,(H,15,16)/p-1. The van der Waals surface area contributed by atoms with Crippen molar-refractivity contribution in [2.24, 2.45) is 0 Å². The Morgan fingerprint density at radius 2 is 1.94 bits per heavy atom. The highest BCUT2D eigenvalue weighted by Crippen LogP contribution is 2.64. The Kier molecular flexibility index (Phi) is 3.00. The number of hydrogen-bond acceptors (Lipinski definition) is 3. The maximum atomic E-state index is 11.2. The average Bonchev–Trinajstić information content (AvgIpc) is 2.85. The van der Waals surface area contributed by atoms with E-state index in [1.807, 2.05) is 6.92 Å². The minimum absolute atomic E-state index is 0.166. The fraction of sp³-hybridized carbons (Fsp3) is 0.417. The van der Waals surface area contributed by atoms with E-state index < -0.39 is 15.7 Å². The highest BCUT2D eigenvalue weighted by Gasteiger charge is 2.68. The van der Waals surface area contributed by atoms with Crippen molar-refractivity contribution >= 4 is 29.2 Å². The Balaban J connectivity index is 2.31. The first kappa shape index (κ1) is 12.5. The molecule has 1 atom stereocenters. The zero-order valence-electron chi connectivity index (χ0n) is 9.20. The number of benzene rings is 1. The first-order chi connectivity index (χ1) is 7.94. The summed E-state index contributed by atoms with van der Waals surface area (Å²) in [5.74, 6) is -0.563. The fourth-order valence-electron chi connectivity index (χ4n) is 1.94. The van der Waals surface area contributed by atoms with Crippen molar-refractivity contribution in [1.29, 1.82) is 0 Å². The summed E-state index contributed by atoms with van der Waals surface area (Å²) < 4.78 is 4.00. The van der Waals surface area contributed by atoms with Gasteiger partial charge in [0.2, 0.25) is 0 Å². The van der Waals surface area contributed by atoms with Crippen molar-refractivity contribution < 1.29 is 14.6 Å². The van der Waals surface area contributed by atoms with Crippen LogP contribution in [0.3, 0.4) is 0 Å². The first-order valence-corrected chi connectivity index (χ1v) is 6.02. The topological polar surface area (TPSA) is 49.4 Å². The Morgan fingerprint density at radius 1 is 1.41 bits per heavy atom. The predicted molar refractivity (Wildman–Crippen MR) is 63.4 cm³/mol. The maximum absolute atomic E-state index is 11.2. The number of rotatable bonds is 4. The van der Waals surface area contributed by atoms with Crippen LogP contribution in [0.5, 0.6) is 5.75 Å². The molecule has 0 spiro atoms. The Hall–Kier alpha value is -0.930. The lowest BCUT2D eigenvalue weighted by Gasteiger charge is -2.20. The van der Waals surface area contributed by atoms with Crippen molar-refractivity contribution in [1.82, 2.24) is 0 Å². The molecule has 1 aliphatic carbocycles. The Bertz CT molecular complexity index is 442. The van der Waals surface area contributed by atoms with Gasteiger partial charge in [0.15, 0.2) is 0 Å². The lowest BCUT2D eigenvalue weighted by Crippen LogP contribution is -2.39. The first-order valence-electron chi connectivity index (χ1n) is 5.26. The quantitative estimate of drug-likeness (QED) is 0.784. The van der Waals surface area contributed by atoms with Crippen molar-refractivity contribution in [3.63, 3.8) is 0 Å². The summed E-state index contributed by atoms with van der Waals surface area (Å²) in [5, 5.41) is 11.2. The molecule has 1 aliphatic rings. The molecule has 0 heterocycles. The molecular weight excluding hydrogens is 263 g/mol. The van der Waals surface area contributed by atoms with Gasteiger partial charge in [0.05, 0.1) is 18.0 Å². The highest BCUT2D eigenvalue weighted by atomic mass is 35.5. The number of carbonyl (C=O) groups excluding carboxylic acids is 1. The summed E-state index contributed by atoms with van der Waals surface area (Å²) in [4.78, 5) is 11.2. The Labute approximate surface area is 109 Å². The predicted octanol–water partition coefficient (Wildman–Crippen LogP) is 1.65. The van der Waals surface area contributed by atoms with Crippen LogP contribution < -0.4 is 9.84 Å². The fourth-order valence-corrected chi connectivity index (χ4v) is 2.72. The van der Waals surface area contributed by atoms with Gasteiger partial charge in [-0.2, -0.15) is 0 Å². The summed E-state index contributed by atoms with van der Waals surface area (Å²) in [6.45, 7) is 2.43. The van der Waals surface area contributed by atoms with Gasteiger partial charge in [0, 0.05) is 0 Å². The third-order valence-corrected chi connectivity index (χ3v) is 3.91. The number of alkyl halides is 2. The van der Waals surface area contributed by atoms with Crippen LogP contribution in [-0.4, -0.2) is 16.9 Å². The van der Waals surface area contributed by atoms with E-state index in [0.29, 0.717) is 17.9 Å².